The number of hydrogen-bond acceptors (Lipinski definition) is 7. The number of amidine groups is 1. The summed E-state index contributed by atoms with van der Waals surface area (Å²) < 4.78 is 5.54. The minimum atomic E-state index is -0.573. The Kier molecular flexibility index (Phi) is 7.42. The van der Waals surface area contributed by atoms with Crippen LogP contribution in [-0.2, 0) is 9.59 Å². The Morgan fingerprint density at radius 1 is 1.31 bits per heavy atom. The van der Waals surface area contributed by atoms with E-state index in [1.807, 2.05) is 31.4 Å². The van der Waals surface area contributed by atoms with E-state index in [1.54, 1.807) is 35.6 Å². The Hall–Kier alpha value is -2.65. The van der Waals surface area contributed by atoms with Gasteiger partial charge in [-0.2, -0.15) is 5.10 Å². The largest absolute Gasteiger partial charge is 0.494 e. The molecule has 2 amide bonds. The molecule has 1 atom stereocenters. The topological polar surface area (TPSA) is 92.1 Å². The molecule has 7 nitrogen and oxygen atoms in total. The zero-order valence-corrected chi connectivity index (χ0v) is 17.8. The molecule has 9 heteroatoms. The monoisotopic (exact) mass is 430 g/mol. The van der Waals surface area contributed by atoms with Crippen LogP contribution in [0.25, 0.3) is 0 Å². The van der Waals surface area contributed by atoms with E-state index in [-0.39, 0.29) is 18.2 Å². The van der Waals surface area contributed by atoms with Crippen LogP contribution in [-0.4, -0.2) is 34.6 Å². The molecule has 29 heavy (non-hydrogen) atoms. The lowest BCUT2D eigenvalue weighted by atomic mass is 10.2. The van der Waals surface area contributed by atoms with Crippen LogP contribution in [0.3, 0.4) is 0 Å². The van der Waals surface area contributed by atoms with E-state index in [4.69, 9.17) is 4.74 Å². The Morgan fingerprint density at radius 3 is 2.79 bits per heavy atom. The molecule has 2 aromatic rings. The molecule has 0 unspecified atom stereocenters. The second-order valence-electron chi connectivity index (χ2n) is 6.29. The number of nitrogens with one attached hydrogen (secondary N) is 2. The zero-order chi connectivity index (χ0) is 20.6. The van der Waals surface area contributed by atoms with Crippen molar-refractivity contribution >= 4 is 51.5 Å². The number of hydrogen-bond donors (Lipinski definition) is 2. The molecule has 0 bridgehead atoms. The van der Waals surface area contributed by atoms with Crippen molar-refractivity contribution in [1.82, 2.24) is 5.32 Å². The summed E-state index contributed by atoms with van der Waals surface area (Å²) in [6, 6.07) is 11.1. The number of amides is 2. The highest BCUT2D eigenvalue weighted by Gasteiger charge is 2.30. The summed E-state index contributed by atoms with van der Waals surface area (Å²) in [6.45, 7) is 4.54. The van der Waals surface area contributed by atoms with Gasteiger partial charge in [0.15, 0.2) is 5.17 Å². The number of thioether (sulfide) groups is 1. The fourth-order valence-corrected chi connectivity index (χ4v) is 4.07. The summed E-state index contributed by atoms with van der Waals surface area (Å²) >= 11 is 2.76. The van der Waals surface area contributed by atoms with E-state index in [1.165, 1.54) is 11.8 Å². The van der Waals surface area contributed by atoms with Crippen LogP contribution in [0.4, 0.5) is 5.69 Å². The fourth-order valence-electron chi connectivity index (χ4n) is 2.47. The van der Waals surface area contributed by atoms with Gasteiger partial charge in [-0.1, -0.05) is 24.8 Å². The zero-order valence-electron chi connectivity index (χ0n) is 16.2. The number of rotatable bonds is 7. The highest BCUT2D eigenvalue weighted by atomic mass is 32.2. The van der Waals surface area contributed by atoms with Crippen LogP contribution in [0.5, 0.6) is 5.75 Å². The first-order valence-electron chi connectivity index (χ1n) is 9.21. The Morgan fingerprint density at radius 2 is 2.10 bits per heavy atom. The predicted octanol–water partition coefficient (Wildman–Crippen LogP) is 3.88. The third-order valence-electron chi connectivity index (χ3n) is 3.93. The van der Waals surface area contributed by atoms with Crippen molar-refractivity contribution in [2.24, 2.45) is 10.2 Å². The Labute approximate surface area is 177 Å². The van der Waals surface area contributed by atoms with Crippen molar-refractivity contribution in [1.29, 1.82) is 0 Å². The summed E-state index contributed by atoms with van der Waals surface area (Å²) in [5.74, 6) is 0.248. The SMILES string of the molecule is CCCOc1ccc(NC(=O)[C@H]2CC(=O)N/C(=N\N=C(/C)c3cccs3)S2)cc1. The van der Waals surface area contributed by atoms with Crippen LogP contribution in [0.1, 0.15) is 31.6 Å². The average Bonchev–Trinajstić information content (AvgIpc) is 3.26. The molecule has 2 heterocycles. The highest BCUT2D eigenvalue weighted by molar-refractivity contribution is 8.15. The maximum atomic E-state index is 12.6. The number of ether oxygens (including phenoxy) is 1. The van der Waals surface area contributed by atoms with Gasteiger partial charge in [0, 0.05) is 12.1 Å². The maximum absolute atomic E-state index is 12.6. The lowest BCUT2D eigenvalue weighted by Crippen LogP contribution is -2.41. The van der Waals surface area contributed by atoms with E-state index < -0.39 is 5.25 Å². The van der Waals surface area contributed by atoms with E-state index in [9.17, 15) is 9.59 Å². The molecule has 0 spiro atoms. The van der Waals surface area contributed by atoms with Crippen molar-refractivity contribution < 1.29 is 14.3 Å². The fraction of sp³-hybridized carbons (Fsp3) is 0.300. The molecule has 1 aliphatic heterocycles. The van der Waals surface area contributed by atoms with Gasteiger partial charge in [0.25, 0.3) is 0 Å². The molecule has 152 valence electrons. The average molecular weight is 431 g/mol. The Balaban J connectivity index is 1.62. The van der Waals surface area contributed by atoms with Crippen LogP contribution in [0, 0.1) is 0 Å². The van der Waals surface area contributed by atoms with Gasteiger partial charge in [0.05, 0.1) is 17.2 Å². The molecular weight excluding hydrogens is 408 g/mol. The van der Waals surface area contributed by atoms with Crippen molar-refractivity contribution in [2.75, 3.05) is 11.9 Å². The van der Waals surface area contributed by atoms with Gasteiger partial charge in [-0.3, -0.25) is 9.59 Å². The lowest BCUT2D eigenvalue weighted by molar-refractivity contribution is -0.123. The molecule has 1 fully saturated rings. The molecule has 2 N–H and O–H groups in total. The minimum Gasteiger partial charge on any atom is -0.494 e. The number of carbonyl (C=O) groups excluding carboxylic acids is 2. The first-order valence-corrected chi connectivity index (χ1v) is 11.0. The summed E-state index contributed by atoms with van der Waals surface area (Å²) in [7, 11) is 0. The van der Waals surface area contributed by atoms with E-state index >= 15 is 0 Å². The lowest BCUT2D eigenvalue weighted by Gasteiger charge is -2.21. The van der Waals surface area contributed by atoms with E-state index in [2.05, 4.69) is 20.8 Å². The van der Waals surface area contributed by atoms with Crippen molar-refractivity contribution in [3.63, 3.8) is 0 Å². The van der Waals surface area contributed by atoms with Crippen LogP contribution >= 0.6 is 23.1 Å². The molecule has 1 aromatic carbocycles. The second-order valence-corrected chi connectivity index (χ2v) is 8.43. The van der Waals surface area contributed by atoms with Gasteiger partial charge < -0.3 is 15.4 Å². The van der Waals surface area contributed by atoms with Crippen molar-refractivity contribution in [3.8, 4) is 5.75 Å². The van der Waals surface area contributed by atoms with Gasteiger partial charge >= 0.3 is 0 Å². The number of carbonyl (C=O) groups is 2. The number of thiophene rings is 1. The van der Waals surface area contributed by atoms with Crippen LogP contribution < -0.4 is 15.4 Å². The summed E-state index contributed by atoms with van der Waals surface area (Å²) in [5, 5.41) is 15.5. The highest BCUT2D eigenvalue weighted by Crippen LogP contribution is 2.23. The molecule has 0 saturated carbocycles. The summed E-state index contributed by atoms with van der Waals surface area (Å²) in [6.07, 6.45) is 1.01. The summed E-state index contributed by atoms with van der Waals surface area (Å²) in [5.41, 5.74) is 1.40. The van der Waals surface area contributed by atoms with Gasteiger partial charge in [-0.25, -0.2) is 0 Å². The molecule has 1 aromatic heterocycles. The van der Waals surface area contributed by atoms with Crippen molar-refractivity contribution in [3.05, 3.63) is 46.7 Å². The van der Waals surface area contributed by atoms with Gasteiger partial charge in [-0.15, -0.1) is 16.4 Å². The van der Waals surface area contributed by atoms with Crippen molar-refractivity contribution in [2.45, 2.75) is 31.9 Å². The van der Waals surface area contributed by atoms with E-state index in [0.717, 1.165) is 22.8 Å². The van der Waals surface area contributed by atoms with Gasteiger partial charge in [0.1, 0.15) is 11.0 Å². The third-order valence-corrected chi connectivity index (χ3v) is 5.98. The second kappa shape index (κ2) is 10.2. The molecular formula is C20H22N4O3S2. The Bertz CT molecular complexity index is 908. The third kappa shape index (κ3) is 6.16. The number of anilines is 1. The van der Waals surface area contributed by atoms with E-state index in [0.29, 0.717) is 17.5 Å². The van der Waals surface area contributed by atoms with Gasteiger partial charge in [0.2, 0.25) is 11.8 Å². The number of nitrogens with zero attached hydrogens (tertiary/aromatic N) is 2. The molecule has 1 saturated heterocycles. The van der Waals surface area contributed by atoms with Crippen LogP contribution in [0.2, 0.25) is 0 Å². The summed E-state index contributed by atoms with van der Waals surface area (Å²) in [4.78, 5) is 25.6. The quantitative estimate of drug-likeness (QED) is 0.515. The molecule has 3 rings (SSSR count). The van der Waals surface area contributed by atoms with Crippen LogP contribution in [0.15, 0.2) is 52.0 Å². The molecule has 0 radical (unpaired) electrons. The maximum Gasteiger partial charge on any atom is 0.238 e. The molecule has 0 aliphatic carbocycles. The molecule has 1 aliphatic rings. The predicted molar refractivity (Wildman–Crippen MR) is 119 cm³/mol. The standard InChI is InChI=1S/C20H22N4O3S2/c1-3-10-27-15-8-6-14(7-9-15)21-19(26)17-12-18(25)22-20(29-17)24-23-13(2)16-5-4-11-28-16/h4-9,11,17H,3,10,12H2,1-2H3,(H,21,26)(H,22,24,25)/b23-13+/t17-/m1/s1. The first-order chi connectivity index (χ1) is 14.0. The van der Waals surface area contributed by atoms with Gasteiger partial charge in [-0.05, 0) is 49.1 Å². The minimum absolute atomic E-state index is 0.0842. The number of benzene rings is 1. The normalized spacial score (nSPS) is 18.4. The first kappa shape index (κ1) is 21.1. The smallest absolute Gasteiger partial charge is 0.238 e.